The van der Waals surface area contributed by atoms with Crippen molar-refractivity contribution in [2.75, 3.05) is 13.2 Å². The minimum Gasteiger partial charge on any atom is -0.459 e. The summed E-state index contributed by atoms with van der Waals surface area (Å²) in [6, 6.07) is 16.3. The second kappa shape index (κ2) is 9.67. The average molecular weight is 360 g/mol. The Morgan fingerprint density at radius 2 is 1.04 bits per heavy atom. The summed E-state index contributed by atoms with van der Waals surface area (Å²) in [6.45, 7) is -1.03. The Morgan fingerprint density at radius 1 is 0.692 bits per heavy atom. The van der Waals surface area contributed by atoms with E-state index in [0.29, 0.717) is 11.1 Å². The number of esters is 2. The second-order valence-electron chi connectivity index (χ2n) is 5.55. The van der Waals surface area contributed by atoms with Gasteiger partial charge in [0.15, 0.2) is 0 Å². The van der Waals surface area contributed by atoms with E-state index in [1.54, 1.807) is 60.7 Å². The molecule has 0 radical (unpaired) electrons. The first kappa shape index (κ1) is 19.6. The van der Waals surface area contributed by atoms with Crippen molar-refractivity contribution < 1.29 is 34.4 Å². The van der Waals surface area contributed by atoms with Crippen LogP contribution >= 0.6 is 0 Å². The molecule has 26 heavy (non-hydrogen) atoms. The van der Waals surface area contributed by atoms with Crippen LogP contribution in [-0.4, -0.2) is 58.8 Å². The third-order valence-corrected chi connectivity index (χ3v) is 3.58. The Labute approximate surface area is 150 Å². The van der Waals surface area contributed by atoms with Gasteiger partial charge in [0.25, 0.3) is 0 Å². The van der Waals surface area contributed by atoms with Crippen molar-refractivity contribution in [3.8, 4) is 0 Å². The lowest BCUT2D eigenvalue weighted by molar-refractivity contribution is -0.0948. The highest BCUT2D eigenvalue weighted by Crippen LogP contribution is 2.07. The van der Waals surface area contributed by atoms with Gasteiger partial charge in [0.05, 0.1) is 11.1 Å². The van der Waals surface area contributed by atoms with Gasteiger partial charge in [-0.3, -0.25) is 0 Å². The maximum Gasteiger partial charge on any atom is 0.338 e. The molecule has 2 aromatic rings. The molecule has 2 aromatic carbocycles. The molecular weight excluding hydrogens is 340 g/mol. The largest absolute Gasteiger partial charge is 0.459 e. The monoisotopic (exact) mass is 360 g/mol. The first-order valence-electron chi connectivity index (χ1n) is 7.97. The highest BCUT2D eigenvalue weighted by molar-refractivity contribution is 5.89. The van der Waals surface area contributed by atoms with Gasteiger partial charge in [-0.05, 0) is 24.3 Å². The minimum absolute atomic E-state index is 0.298. The van der Waals surface area contributed by atoms with Gasteiger partial charge in [-0.15, -0.1) is 0 Å². The molecule has 0 aromatic heterocycles. The van der Waals surface area contributed by atoms with Crippen LogP contribution in [0.5, 0.6) is 0 Å². The molecular formula is C19H20O7. The molecule has 2 atom stereocenters. The molecule has 7 nitrogen and oxygen atoms in total. The lowest BCUT2D eigenvalue weighted by atomic mass is 10.1. The maximum absolute atomic E-state index is 11.8. The Morgan fingerprint density at radius 3 is 1.38 bits per heavy atom. The van der Waals surface area contributed by atoms with Gasteiger partial charge in [0.2, 0.25) is 0 Å². The van der Waals surface area contributed by atoms with Crippen molar-refractivity contribution in [3.63, 3.8) is 0 Å². The number of aliphatic hydroxyl groups excluding tert-OH is 3. The highest BCUT2D eigenvalue weighted by Gasteiger charge is 2.27. The zero-order chi connectivity index (χ0) is 18.9. The summed E-state index contributed by atoms with van der Waals surface area (Å²) >= 11 is 0. The molecule has 0 aliphatic carbocycles. The summed E-state index contributed by atoms with van der Waals surface area (Å²) < 4.78 is 9.78. The van der Waals surface area contributed by atoms with Crippen molar-refractivity contribution in [2.24, 2.45) is 0 Å². The predicted molar refractivity (Wildman–Crippen MR) is 91.5 cm³/mol. The Hall–Kier alpha value is -2.74. The van der Waals surface area contributed by atoms with Crippen LogP contribution in [0.15, 0.2) is 60.7 Å². The van der Waals surface area contributed by atoms with E-state index in [-0.39, 0.29) is 0 Å². The summed E-state index contributed by atoms with van der Waals surface area (Å²) in [6.07, 6.45) is -4.72. The fourth-order valence-electron chi connectivity index (χ4n) is 2.09. The first-order chi connectivity index (χ1) is 12.5. The summed E-state index contributed by atoms with van der Waals surface area (Å²) in [7, 11) is 0. The minimum atomic E-state index is -1.65. The summed E-state index contributed by atoms with van der Waals surface area (Å²) in [5.74, 6) is -1.33. The van der Waals surface area contributed by atoms with E-state index in [4.69, 9.17) is 9.47 Å². The number of carbonyl (C=O) groups excluding carboxylic acids is 2. The van der Waals surface area contributed by atoms with Crippen LogP contribution in [-0.2, 0) is 9.47 Å². The Kier molecular flexibility index (Phi) is 7.28. The fraction of sp³-hybridized carbons (Fsp3) is 0.263. The van der Waals surface area contributed by atoms with E-state index < -0.39 is 43.5 Å². The third-order valence-electron chi connectivity index (χ3n) is 3.58. The molecule has 0 saturated carbocycles. The lowest BCUT2D eigenvalue weighted by Crippen LogP contribution is -2.43. The van der Waals surface area contributed by atoms with Crippen molar-refractivity contribution in [2.45, 2.75) is 18.3 Å². The molecule has 0 spiro atoms. The number of aliphatic hydroxyl groups is 3. The first-order valence-corrected chi connectivity index (χ1v) is 7.97. The molecule has 2 rings (SSSR count). The van der Waals surface area contributed by atoms with Gasteiger partial charge in [-0.25, -0.2) is 9.59 Å². The Balaban J connectivity index is 1.77. The summed E-state index contributed by atoms with van der Waals surface area (Å²) in [4.78, 5) is 23.5. The number of benzene rings is 2. The molecule has 0 fully saturated rings. The molecule has 0 aliphatic rings. The number of carbonyl (C=O) groups is 2. The molecule has 0 bridgehead atoms. The van der Waals surface area contributed by atoms with E-state index in [2.05, 4.69) is 0 Å². The molecule has 0 amide bonds. The van der Waals surface area contributed by atoms with E-state index in [0.717, 1.165) is 0 Å². The van der Waals surface area contributed by atoms with E-state index in [1.807, 2.05) is 0 Å². The molecule has 3 N–H and O–H groups in total. The van der Waals surface area contributed by atoms with Gasteiger partial charge < -0.3 is 24.8 Å². The molecule has 2 unspecified atom stereocenters. The van der Waals surface area contributed by atoms with E-state index >= 15 is 0 Å². The van der Waals surface area contributed by atoms with Crippen LogP contribution < -0.4 is 0 Å². The number of ether oxygens (including phenoxy) is 2. The van der Waals surface area contributed by atoms with Crippen molar-refractivity contribution >= 4 is 11.9 Å². The Bertz CT molecular complexity index is 641. The fourth-order valence-corrected chi connectivity index (χ4v) is 2.09. The van der Waals surface area contributed by atoms with Crippen molar-refractivity contribution in [1.29, 1.82) is 0 Å². The van der Waals surface area contributed by atoms with Crippen LogP contribution in [0, 0.1) is 0 Å². The predicted octanol–water partition coefficient (Wildman–Crippen LogP) is 0.783. The SMILES string of the molecule is O=C(OCC(O)C(O)C(O)COC(=O)c1ccccc1)c1ccccc1. The normalized spacial score (nSPS) is 14.1. The zero-order valence-corrected chi connectivity index (χ0v) is 13.9. The average Bonchev–Trinajstić information content (AvgIpc) is 2.70. The van der Waals surface area contributed by atoms with Crippen LogP contribution in [0.3, 0.4) is 0 Å². The number of hydrogen-bond donors (Lipinski definition) is 3. The highest BCUT2D eigenvalue weighted by atomic mass is 16.6. The second-order valence-corrected chi connectivity index (χ2v) is 5.55. The van der Waals surface area contributed by atoms with Crippen LogP contribution in [0.4, 0.5) is 0 Å². The van der Waals surface area contributed by atoms with Gasteiger partial charge >= 0.3 is 11.9 Å². The quantitative estimate of drug-likeness (QED) is 0.596. The third kappa shape index (κ3) is 5.66. The van der Waals surface area contributed by atoms with Crippen LogP contribution in [0.1, 0.15) is 20.7 Å². The lowest BCUT2D eigenvalue weighted by Gasteiger charge is -2.22. The topological polar surface area (TPSA) is 113 Å². The number of rotatable bonds is 8. The van der Waals surface area contributed by atoms with E-state index in [9.17, 15) is 24.9 Å². The summed E-state index contributed by atoms with van der Waals surface area (Å²) in [5, 5.41) is 29.5. The summed E-state index contributed by atoms with van der Waals surface area (Å²) in [5.41, 5.74) is 0.595. The van der Waals surface area contributed by atoms with Gasteiger partial charge in [0, 0.05) is 0 Å². The van der Waals surface area contributed by atoms with Crippen molar-refractivity contribution in [1.82, 2.24) is 0 Å². The smallest absolute Gasteiger partial charge is 0.338 e. The maximum atomic E-state index is 11.8. The molecule has 0 aliphatic heterocycles. The van der Waals surface area contributed by atoms with E-state index in [1.165, 1.54) is 0 Å². The molecule has 0 saturated heterocycles. The van der Waals surface area contributed by atoms with Gasteiger partial charge in [-0.2, -0.15) is 0 Å². The van der Waals surface area contributed by atoms with Gasteiger partial charge in [0.1, 0.15) is 31.5 Å². The molecule has 7 heteroatoms. The molecule has 0 heterocycles. The molecule has 138 valence electrons. The van der Waals surface area contributed by atoms with Crippen molar-refractivity contribution in [3.05, 3.63) is 71.8 Å². The zero-order valence-electron chi connectivity index (χ0n) is 13.9. The number of hydrogen-bond acceptors (Lipinski definition) is 7. The van der Waals surface area contributed by atoms with Crippen LogP contribution in [0.25, 0.3) is 0 Å². The van der Waals surface area contributed by atoms with Gasteiger partial charge in [-0.1, -0.05) is 36.4 Å². The van der Waals surface area contributed by atoms with Crippen LogP contribution in [0.2, 0.25) is 0 Å². The standard InChI is InChI=1S/C19H20O7/c20-15(11-25-18(23)13-7-3-1-4-8-13)17(22)16(21)12-26-19(24)14-9-5-2-6-10-14/h1-10,15-17,20-22H,11-12H2.